The van der Waals surface area contributed by atoms with Gasteiger partial charge in [0, 0.05) is 37.1 Å². The summed E-state index contributed by atoms with van der Waals surface area (Å²) in [6, 6.07) is 12.8. The van der Waals surface area contributed by atoms with E-state index >= 15 is 0 Å². The van der Waals surface area contributed by atoms with Gasteiger partial charge in [0.15, 0.2) is 0 Å². The van der Waals surface area contributed by atoms with E-state index in [1.165, 1.54) is 12.0 Å². The summed E-state index contributed by atoms with van der Waals surface area (Å²) in [6.45, 7) is 0.915. The van der Waals surface area contributed by atoms with E-state index in [0.29, 0.717) is 12.1 Å². The van der Waals surface area contributed by atoms with Crippen molar-refractivity contribution in [2.24, 2.45) is 0 Å². The van der Waals surface area contributed by atoms with Crippen LogP contribution in [0, 0.1) is 0 Å². The second-order valence-corrected chi connectivity index (χ2v) is 7.07. The highest BCUT2D eigenvalue weighted by Crippen LogP contribution is 2.47. The van der Waals surface area contributed by atoms with E-state index in [-0.39, 0.29) is 11.6 Å². The number of rotatable bonds is 2. The maximum absolute atomic E-state index is 12.6. The molecule has 2 N–H and O–H groups in total. The number of amides is 1. The number of hydrogen-bond acceptors (Lipinski definition) is 4. The zero-order valence-electron chi connectivity index (χ0n) is 13.4. The molecule has 0 saturated carbocycles. The minimum Gasteiger partial charge on any atom is -0.361 e. The smallest absolute Gasteiger partial charge is 0.255 e. The normalized spacial score (nSPS) is 30.9. The number of benzene rings is 1. The van der Waals surface area contributed by atoms with Gasteiger partial charge in [0.25, 0.3) is 5.91 Å². The second kappa shape index (κ2) is 5.05. The first-order valence-electron chi connectivity index (χ1n) is 8.60. The number of aromatic nitrogens is 1. The summed E-state index contributed by atoms with van der Waals surface area (Å²) in [4.78, 5) is 19.3. The van der Waals surface area contributed by atoms with E-state index in [1.54, 1.807) is 0 Å². The van der Waals surface area contributed by atoms with E-state index in [2.05, 4.69) is 32.7 Å². The first kappa shape index (κ1) is 14.0. The molecule has 2 fully saturated rings. The Labute approximate surface area is 141 Å². The summed E-state index contributed by atoms with van der Waals surface area (Å²) in [7, 11) is 0. The number of carbonyl (C=O) groups is 1. The van der Waals surface area contributed by atoms with Crippen LogP contribution in [0.5, 0.6) is 0 Å². The van der Waals surface area contributed by atoms with Gasteiger partial charge in [0.1, 0.15) is 5.66 Å². The van der Waals surface area contributed by atoms with Crippen molar-refractivity contribution in [1.82, 2.24) is 15.2 Å². The van der Waals surface area contributed by atoms with Gasteiger partial charge < -0.3 is 10.6 Å². The minimum absolute atomic E-state index is 0.0424. The molecule has 1 amide bonds. The molecule has 0 unspecified atom stereocenters. The third-order valence-corrected chi connectivity index (χ3v) is 5.75. The maximum atomic E-state index is 12.6. The third kappa shape index (κ3) is 1.97. The Morgan fingerprint density at radius 2 is 1.96 bits per heavy atom. The molecule has 0 aliphatic carbocycles. The van der Waals surface area contributed by atoms with Crippen LogP contribution in [0.15, 0.2) is 48.8 Å². The van der Waals surface area contributed by atoms with Gasteiger partial charge in [-0.05, 0) is 42.7 Å². The molecule has 5 heteroatoms. The predicted molar refractivity (Wildman–Crippen MR) is 91.5 cm³/mol. The lowest BCUT2D eigenvalue weighted by Gasteiger charge is -2.43. The van der Waals surface area contributed by atoms with Gasteiger partial charge >= 0.3 is 0 Å². The molecule has 0 radical (unpaired) electrons. The monoisotopic (exact) mass is 320 g/mol. The van der Waals surface area contributed by atoms with Gasteiger partial charge in [-0.1, -0.05) is 12.1 Å². The molecule has 5 rings (SSSR count). The summed E-state index contributed by atoms with van der Waals surface area (Å²) in [5.74, 6) is 0.0424. The SMILES string of the molecule is O=C1N[C@]2(C[C@@H]3CC[C@@H]2N3Cc2ccncc2)Nc2ccccc21. The molecular formula is C19H20N4O. The highest BCUT2D eigenvalue weighted by molar-refractivity contribution is 6.02. The Balaban J connectivity index is 1.46. The molecule has 3 aliphatic rings. The van der Waals surface area contributed by atoms with Crippen molar-refractivity contribution in [2.75, 3.05) is 5.32 Å². The molecule has 2 bridgehead atoms. The van der Waals surface area contributed by atoms with Crippen LogP contribution in [-0.2, 0) is 6.54 Å². The summed E-state index contributed by atoms with van der Waals surface area (Å²) >= 11 is 0. The summed E-state index contributed by atoms with van der Waals surface area (Å²) in [6.07, 6.45) is 6.98. The number of pyridine rings is 1. The van der Waals surface area contributed by atoms with Crippen molar-refractivity contribution in [2.45, 2.75) is 43.6 Å². The molecule has 5 nitrogen and oxygen atoms in total. The molecule has 3 aliphatic heterocycles. The minimum atomic E-state index is -0.332. The topological polar surface area (TPSA) is 57.3 Å². The highest BCUT2D eigenvalue weighted by Gasteiger charge is 2.58. The van der Waals surface area contributed by atoms with Gasteiger partial charge in [-0.15, -0.1) is 0 Å². The van der Waals surface area contributed by atoms with Gasteiger partial charge in [-0.2, -0.15) is 0 Å². The number of anilines is 1. The summed E-state index contributed by atoms with van der Waals surface area (Å²) in [5, 5.41) is 6.96. The first-order chi connectivity index (χ1) is 11.8. The lowest BCUT2D eigenvalue weighted by atomic mass is 9.86. The van der Waals surface area contributed by atoms with E-state index in [9.17, 15) is 4.79 Å². The fourth-order valence-electron chi connectivity index (χ4n) is 4.73. The Morgan fingerprint density at radius 3 is 2.83 bits per heavy atom. The van der Waals surface area contributed by atoms with Gasteiger partial charge in [-0.25, -0.2) is 0 Å². The molecule has 3 atom stereocenters. The fourth-order valence-corrected chi connectivity index (χ4v) is 4.73. The number of hydrogen-bond donors (Lipinski definition) is 2. The van der Waals surface area contributed by atoms with Gasteiger partial charge in [0.2, 0.25) is 0 Å². The molecular weight excluding hydrogens is 300 g/mol. The molecule has 2 aromatic rings. The average molecular weight is 320 g/mol. The van der Waals surface area contributed by atoms with Crippen LogP contribution in [-0.4, -0.2) is 33.5 Å². The molecule has 2 saturated heterocycles. The highest BCUT2D eigenvalue weighted by atomic mass is 16.2. The van der Waals surface area contributed by atoms with Crippen LogP contribution in [0.4, 0.5) is 5.69 Å². The Morgan fingerprint density at radius 1 is 1.12 bits per heavy atom. The van der Waals surface area contributed by atoms with Crippen molar-refractivity contribution in [1.29, 1.82) is 0 Å². The maximum Gasteiger partial charge on any atom is 0.255 e. The number of nitrogens with zero attached hydrogens (tertiary/aromatic N) is 2. The van der Waals surface area contributed by atoms with Crippen LogP contribution in [0.25, 0.3) is 0 Å². The van der Waals surface area contributed by atoms with Gasteiger partial charge in [-0.3, -0.25) is 14.7 Å². The zero-order valence-corrected chi connectivity index (χ0v) is 13.4. The number of carbonyl (C=O) groups excluding carboxylic acids is 1. The largest absolute Gasteiger partial charge is 0.361 e. The van der Waals surface area contributed by atoms with Crippen LogP contribution in [0.3, 0.4) is 0 Å². The van der Waals surface area contributed by atoms with Crippen molar-refractivity contribution < 1.29 is 4.79 Å². The fraction of sp³-hybridized carbons (Fsp3) is 0.368. The van der Waals surface area contributed by atoms with E-state index in [1.807, 2.05) is 36.7 Å². The Hall–Kier alpha value is -2.40. The standard InChI is InChI=1S/C19H20N4O/c24-18-15-3-1-2-4-16(15)21-19(22-18)11-14-5-6-17(19)23(14)12-13-7-9-20-10-8-13/h1-4,7-10,14,17,21H,5-6,11-12H2,(H,22,24)/t14-,17-,19-/m0/s1. The second-order valence-electron chi connectivity index (χ2n) is 7.07. The molecule has 122 valence electrons. The Bertz CT molecular complexity index is 793. The number of nitrogens with one attached hydrogen (secondary N) is 2. The zero-order chi connectivity index (χ0) is 16.1. The Kier molecular flexibility index (Phi) is 2.94. The van der Waals surface area contributed by atoms with E-state index < -0.39 is 0 Å². The lowest BCUT2D eigenvalue weighted by molar-refractivity contribution is 0.0870. The predicted octanol–water partition coefficient (Wildman–Crippen LogP) is 2.37. The molecule has 24 heavy (non-hydrogen) atoms. The van der Waals surface area contributed by atoms with Crippen molar-refractivity contribution in [3.8, 4) is 0 Å². The van der Waals surface area contributed by atoms with Crippen molar-refractivity contribution in [3.05, 3.63) is 59.9 Å². The quantitative estimate of drug-likeness (QED) is 0.892. The van der Waals surface area contributed by atoms with E-state index in [0.717, 1.165) is 30.6 Å². The lowest BCUT2D eigenvalue weighted by Crippen LogP contribution is -2.64. The average Bonchev–Trinajstić information content (AvgIpc) is 3.10. The van der Waals surface area contributed by atoms with Crippen LogP contribution in [0.1, 0.15) is 35.2 Å². The number of fused-ring (bicyclic) bond motifs is 4. The van der Waals surface area contributed by atoms with E-state index in [4.69, 9.17) is 0 Å². The van der Waals surface area contributed by atoms with Crippen molar-refractivity contribution >= 4 is 11.6 Å². The number of para-hydroxylation sites is 1. The van der Waals surface area contributed by atoms with Crippen LogP contribution in [0.2, 0.25) is 0 Å². The molecule has 4 heterocycles. The molecule has 1 aromatic carbocycles. The van der Waals surface area contributed by atoms with Crippen LogP contribution >= 0.6 is 0 Å². The van der Waals surface area contributed by atoms with Crippen LogP contribution < -0.4 is 10.6 Å². The third-order valence-electron chi connectivity index (χ3n) is 5.75. The summed E-state index contributed by atoms with van der Waals surface area (Å²) in [5.41, 5.74) is 2.65. The molecule has 1 aromatic heterocycles. The first-order valence-corrected chi connectivity index (χ1v) is 8.60. The van der Waals surface area contributed by atoms with Gasteiger partial charge in [0.05, 0.1) is 11.6 Å². The van der Waals surface area contributed by atoms with Crippen molar-refractivity contribution in [3.63, 3.8) is 0 Å². The summed E-state index contributed by atoms with van der Waals surface area (Å²) < 4.78 is 0. The molecule has 1 spiro atoms.